The van der Waals surface area contributed by atoms with Gasteiger partial charge in [0.1, 0.15) is 5.82 Å². The predicted molar refractivity (Wildman–Crippen MR) is 74.0 cm³/mol. The van der Waals surface area contributed by atoms with Crippen LogP contribution in [0.15, 0.2) is 18.2 Å². The number of methoxy groups -OCH3 is 1. The van der Waals surface area contributed by atoms with Crippen molar-refractivity contribution in [3.63, 3.8) is 0 Å². The van der Waals surface area contributed by atoms with Gasteiger partial charge in [0.05, 0.1) is 11.6 Å². The van der Waals surface area contributed by atoms with Gasteiger partial charge in [-0.15, -0.1) is 0 Å². The van der Waals surface area contributed by atoms with Crippen LogP contribution in [-0.2, 0) is 4.74 Å². The number of hydrogen-bond acceptors (Lipinski definition) is 3. The summed E-state index contributed by atoms with van der Waals surface area (Å²) >= 11 is 0. The molecule has 1 aromatic carbocycles. The molecular weight excluding hydrogens is 243 g/mol. The second-order valence-electron chi connectivity index (χ2n) is 5.44. The number of hydrazine groups is 1. The number of nitrogens with one attached hydrogen (secondary N) is 1. The maximum atomic E-state index is 13.4. The highest BCUT2D eigenvalue weighted by molar-refractivity contribution is 5.28. The summed E-state index contributed by atoms with van der Waals surface area (Å²) in [6.07, 6.45) is 5.49. The average molecular weight is 266 g/mol. The van der Waals surface area contributed by atoms with Gasteiger partial charge in [-0.25, -0.2) is 4.39 Å². The molecule has 1 atom stereocenters. The first-order valence-corrected chi connectivity index (χ1v) is 6.90. The fourth-order valence-electron chi connectivity index (χ4n) is 3.16. The molecule has 0 radical (unpaired) electrons. The lowest BCUT2D eigenvalue weighted by atomic mass is 9.76. The Hall–Kier alpha value is -0.970. The van der Waals surface area contributed by atoms with Gasteiger partial charge >= 0.3 is 0 Å². The van der Waals surface area contributed by atoms with E-state index in [1.54, 1.807) is 20.1 Å². The van der Waals surface area contributed by atoms with Gasteiger partial charge in [-0.2, -0.15) is 0 Å². The van der Waals surface area contributed by atoms with E-state index >= 15 is 0 Å². The third-order valence-corrected chi connectivity index (χ3v) is 4.31. The Bertz CT molecular complexity index is 430. The van der Waals surface area contributed by atoms with Crippen LogP contribution in [0.2, 0.25) is 0 Å². The van der Waals surface area contributed by atoms with Crippen LogP contribution in [0.25, 0.3) is 0 Å². The molecule has 1 aliphatic carbocycles. The summed E-state index contributed by atoms with van der Waals surface area (Å²) in [6.45, 7) is 1.77. The van der Waals surface area contributed by atoms with Crippen molar-refractivity contribution in [2.45, 2.75) is 50.7 Å². The minimum absolute atomic E-state index is 0.0999. The van der Waals surface area contributed by atoms with Crippen LogP contribution in [0.4, 0.5) is 4.39 Å². The summed E-state index contributed by atoms with van der Waals surface area (Å²) in [5.41, 5.74) is 4.23. The largest absolute Gasteiger partial charge is 0.376 e. The normalized spacial score (nSPS) is 20.2. The van der Waals surface area contributed by atoms with Gasteiger partial charge in [0, 0.05) is 7.11 Å². The van der Waals surface area contributed by atoms with Crippen molar-refractivity contribution in [3.05, 3.63) is 35.1 Å². The SMILES string of the molecule is COC1(C(NN)c2ccc(F)c(C)c2)CCCCC1. The molecule has 106 valence electrons. The van der Waals surface area contributed by atoms with E-state index in [2.05, 4.69) is 5.43 Å². The number of nitrogens with two attached hydrogens (primary N) is 1. The number of halogens is 1. The van der Waals surface area contributed by atoms with Crippen molar-refractivity contribution in [3.8, 4) is 0 Å². The van der Waals surface area contributed by atoms with Gasteiger partial charge in [0.25, 0.3) is 0 Å². The molecule has 0 spiro atoms. The van der Waals surface area contributed by atoms with E-state index in [1.165, 1.54) is 12.5 Å². The van der Waals surface area contributed by atoms with E-state index in [4.69, 9.17) is 10.6 Å². The highest BCUT2D eigenvalue weighted by atomic mass is 19.1. The maximum Gasteiger partial charge on any atom is 0.126 e. The highest BCUT2D eigenvalue weighted by Crippen LogP contribution is 2.40. The monoisotopic (exact) mass is 266 g/mol. The van der Waals surface area contributed by atoms with Gasteiger partial charge in [0.15, 0.2) is 0 Å². The molecule has 0 aromatic heterocycles. The zero-order valence-corrected chi connectivity index (χ0v) is 11.7. The molecule has 0 heterocycles. The Kier molecular flexibility index (Phi) is 4.55. The van der Waals surface area contributed by atoms with Crippen LogP contribution in [0.5, 0.6) is 0 Å². The summed E-state index contributed by atoms with van der Waals surface area (Å²) in [6, 6.07) is 5.05. The summed E-state index contributed by atoms with van der Waals surface area (Å²) < 4.78 is 19.2. The first-order valence-electron chi connectivity index (χ1n) is 6.90. The van der Waals surface area contributed by atoms with Gasteiger partial charge in [0.2, 0.25) is 0 Å². The molecule has 3 N–H and O–H groups in total. The van der Waals surface area contributed by atoms with E-state index in [1.807, 2.05) is 6.07 Å². The summed E-state index contributed by atoms with van der Waals surface area (Å²) in [5, 5.41) is 0. The first kappa shape index (κ1) is 14.4. The van der Waals surface area contributed by atoms with Gasteiger partial charge in [-0.1, -0.05) is 31.4 Å². The minimum atomic E-state index is -0.280. The fourth-order valence-corrected chi connectivity index (χ4v) is 3.16. The van der Waals surface area contributed by atoms with Crippen molar-refractivity contribution < 1.29 is 9.13 Å². The first-order chi connectivity index (χ1) is 9.13. The number of rotatable bonds is 4. The zero-order chi connectivity index (χ0) is 13.9. The molecule has 0 amide bonds. The van der Waals surface area contributed by atoms with Crippen LogP contribution in [0, 0.1) is 12.7 Å². The van der Waals surface area contributed by atoms with Crippen LogP contribution < -0.4 is 11.3 Å². The molecule has 3 nitrogen and oxygen atoms in total. The summed E-state index contributed by atoms with van der Waals surface area (Å²) in [4.78, 5) is 0. The second-order valence-corrected chi connectivity index (χ2v) is 5.44. The Morgan fingerprint density at radius 2 is 2.00 bits per heavy atom. The number of aryl methyl sites for hydroxylation is 1. The minimum Gasteiger partial charge on any atom is -0.376 e. The molecule has 2 rings (SSSR count). The van der Waals surface area contributed by atoms with Gasteiger partial charge < -0.3 is 4.74 Å². The van der Waals surface area contributed by atoms with Crippen LogP contribution in [0.3, 0.4) is 0 Å². The van der Waals surface area contributed by atoms with E-state index in [0.717, 1.165) is 31.2 Å². The maximum absolute atomic E-state index is 13.4. The Labute approximate surface area is 114 Å². The average Bonchev–Trinajstić information content (AvgIpc) is 2.44. The molecule has 0 aliphatic heterocycles. The lowest BCUT2D eigenvalue weighted by Crippen LogP contribution is -2.49. The molecule has 1 saturated carbocycles. The Morgan fingerprint density at radius 3 is 2.53 bits per heavy atom. The molecule has 1 unspecified atom stereocenters. The van der Waals surface area contributed by atoms with Crippen molar-refractivity contribution >= 4 is 0 Å². The number of ether oxygens (including phenoxy) is 1. The molecule has 0 saturated heterocycles. The van der Waals surface area contributed by atoms with E-state index < -0.39 is 0 Å². The van der Waals surface area contributed by atoms with E-state index in [-0.39, 0.29) is 17.5 Å². The molecule has 1 aromatic rings. The summed E-state index contributed by atoms with van der Waals surface area (Å²) in [7, 11) is 1.74. The third kappa shape index (κ3) is 2.81. The Balaban J connectivity index is 2.33. The summed E-state index contributed by atoms with van der Waals surface area (Å²) in [5.74, 6) is 5.58. The predicted octanol–water partition coefficient (Wildman–Crippen LogP) is 2.99. The van der Waals surface area contributed by atoms with Gasteiger partial charge in [-0.05, 0) is 37.0 Å². The molecule has 1 aliphatic rings. The Morgan fingerprint density at radius 1 is 1.32 bits per heavy atom. The van der Waals surface area contributed by atoms with Crippen molar-refractivity contribution in [2.24, 2.45) is 5.84 Å². The third-order valence-electron chi connectivity index (χ3n) is 4.31. The molecule has 1 fully saturated rings. The zero-order valence-electron chi connectivity index (χ0n) is 11.7. The molecule has 19 heavy (non-hydrogen) atoms. The highest BCUT2D eigenvalue weighted by Gasteiger charge is 2.40. The molecule has 0 bridgehead atoms. The molecular formula is C15H23FN2O. The van der Waals surface area contributed by atoms with Crippen molar-refractivity contribution in [2.75, 3.05) is 7.11 Å². The van der Waals surface area contributed by atoms with Crippen LogP contribution in [0.1, 0.15) is 49.3 Å². The fraction of sp³-hybridized carbons (Fsp3) is 0.600. The standard InChI is InChI=1S/C15H23FN2O/c1-11-10-12(6-7-13(11)16)14(18-17)15(19-2)8-4-3-5-9-15/h6-7,10,14,18H,3-5,8-9,17H2,1-2H3. The smallest absolute Gasteiger partial charge is 0.126 e. The lowest BCUT2D eigenvalue weighted by molar-refractivity contribution is -0.0688. The van der Waals surface area contributed by atoms with Crippen molar-refractivity contribution in [1.29, 1.82) is 0 Å². The second kappa shape index (κ2) is 5.99. The lowest BCUT2D eigenvalue weighted by Gasteiger charge is -2.42. The number of hydrogen-bond donors (Lipinski definition) is 2. The van der Waals surface area contributed by atoms with Gasteiger partial charge in [-0.3, -0.25) is 11.3 Å². The van der Waals surface area contributed by atoms with Crippen LogP contribution >= 0.6 is 0 Å². The quantitative estimate of drug-likeness (QED) is 0.650. The van der Waals surface area contributed by atoms with Crippen molar-refractivity contribution in [1.82, 2.24) is 5.43 Å². The molecule has 4 heteroatoms. The van der Waals surface area contributed by atoms with E-state index in [0.29, 0.717) is 5.56 Å². The van der Waals surface area contributed by atoms with Crippen LogP contribution in [-0.4, -0.2) is 12.7 Å². The number of benzene rings is 1. The van der Waals surface area contributed by atoms with E-state index in [9.17, 15) is 4.39 Å². The topological polar surface area (TPSA) is 47.3 Å².